The zero-order chi connectivity index (χ0) is 72.4. The van der Waals surface area contributed by atoms with Gasteiger partial charge < -0.3 is 74.0 Å². The summed E-state index contributed by atoms with van der Waals surface area (Å²) in [7, 11) is 0. The molecule has 6 aromatic rings. The molecule has 5 heterocycles. The zero-order valence-electron chi connectivity index (χ0n) is 58.0. The quantitative estimate of drug-likeness (QED) is 0.0317. The Hall–Kier alpha value is -9.77. The largest absolute Gasteiger partial charge is 0.508 e. The number of phenolic OH excluding ortho intramolecular Hbond substituents is 2. The van der Waals surface area contributed by atoms with Gasteiger partial charge in [-0.15, -0.1) is 0 Å². The molecule has 28 nitrogen and oxygen atoms in total. The van der Waals surface area contributed by atoms with Crippen molar-refractivity contribution >= 4 is 53.3 Å². The number of ketones is 1. The van der Waals surface area contributed by atoms with Crippen molar-refractivity contribution < 1.29 is 82.7 Å². The number of nitrogens with zero attached hydrogens (tertiary/aromatic N) is 8. The number of aromatic hydroxyl groups is 2. The van der Waals surface area contributed by atoms with Crippen molar-refractivity contribution in [2.24, 2.45) is 22.7 Å². The lowest BCUT2D eigenvalue weighted by Crippen LogP contribution is -2.81. The summed E-state index contributed by atoms with van der Waals surface area (Å²) >= 11 is 0. The third-order valence-corrected chi connectivity index (χ3v) is 21.2. The number of aromatic nitrogens is 6. The number of carbonyl (C=O) groups is 6. The normalized spacial score (nSPS) is 26.4. The Morgan fingerprint density at radius 2 is 1.41 bits per heavy atom. The molecule has 3 saturated heterocycles. The first-order valence-electron chi connectivity index (χ1n) is 34.0. The maximum atomic E-state index is 15.6. The number of aromatic amines is 1. The molecular weight excluding hydrogens is 1300 g/mol. The molecule has 0 unspecified atom stereocenters. The molecule has 11 atom stereocenters. The van der Waals surface area contributed by atoms with Gasteiger partial charge in [-0.3, -0.25) is 14.4 Å². The van der Waals surface area contributed by atoms with Crippen molar-refractivity contribution in [3.05, 3.63) is 142 Å². The van der Waals surface area contributed by atoms with E-state index in [1.54, 1.807) is 101 Å². The molecule has 2 bridgehead atoms. The summed E-state index contributed by atoms with van der Waals surface area (Å²) < 4.78 is 38.5. The highest BCUT2D eigenvalue weighted by molar-refractivity contribution is 5.94. The second kappa shape index (κ2) is 27.3. The van der Waals surface area contributed by atoms with Crippen molar-refractivity contribution in [3.8, 4) is 28.6 Å². The van der Waals surface area contributed by atoms with E-state index in [0.717, 1.165) is 12.6 Å². The number of aliphatic hydroxyl groups excluding tert-OH is 2. The maximum Gasteiger partial charge on any atom is 0.408 e. The number of Topliss-reactive ketones (excluding diaryl/α,β-unsaturated/α-hetero) is 1. The van der Waals surface area contributed by atoms with Gasteiger partial charge in [0.1, 0.15) is 59.5 Å². The average molecular weight is 1390 g/mol. The smallest absolute Gasteiger partial charge is 0.408 e. The summed E-state index contributed by atoms with van der Waals surface area (Å²) in [4.78, 5) is 121. The van der Waals surface area contributed by atoms with Crippen LogP contribution in [0.4, 0.5) is 22.4 Å². The molecule has 5 fully saturated rings. The van der Waals surface area contributed by atoms with Gasteiger partial charge in [-0.2, -0.15) is 10.1 Å². The molecule has 0 spiro atoms. The minimum Gasteiger partial charge on any atom is -0.508 e. The van der Waals surface area contributed by atoms with Crippen molar-refractivity contribution in [1.82, 2.24) is 35.0 Å². The van der Waals surface area contributed by atoms with Crippen LogP contribution >= 0.6 is 0 Å². The van der Waals surface area contributed by atoms with Crippen LogP contribution in [0.25, 0.3) is 17.1 Å². The molecule has 12 rings (SSSR count). The van der Waals surface area contributed by atoms with Crippen LogP contribution in [0.1, 0.15) is 128 Å². The van der Waals surface area contributed by atoms with Crippen LogP contribution in [0, 0.1) is 22.7 Å². The van der Waals surface area contributed by atoms with E-state index in [2.05, 4.69) is 30.4 Å². The number of nitrogens with one attached hydrogen (secondary N) is 2. The minimum absolute atomic E-state index is 0.0409. The van der Waals surface area contributed by atoms with Crippen molar-refractivity contribution in [2.45, 2.75) is 160 Å². The number of esters is 4. The first-order valence-corrected chi connectivity index (χ1v) is 34.0. The van der Waals surface area contributed by atoms with Crippen molar-refractivity contribution in [2.75, 3.05) is 60.6 Å². The summed E-state index contributed by atoms with van der Waals surface area (Å²) in [5.74, 6) is -6.57. The number of anilines is 3. The predicted molar refractivity (Wildman–Crippen MR) is 364 cm³/mol. The monoisotopic (exact) mass is 1390 g/mol. The van der Waals surface area contributed by atoms with Crippen LogP contribution in [0.5, 0.6) is 11.5 Å². The number of phenols is 2. The third kappa shape index (κ3) is 13.1. The lowest BCUT2D eigenvalue weighted by Gasteiger charge is -2.67. The molecule has 3 aliphatic carbocycles. The number of alkyl carbamates (subject to hydrolysis) is 1. The topological polar surface area (TPSA) is 370 Å². The highest BCUT2D eigenvalue weighted by Gasteiger charge is 2.78. The van der Waals surface area contributed by atoms with Gasteiger partial charge in [0.15, 0.2) is 17.2 Å². The number of hydrogen-bond donors (Lipinski definition) is 7. The number of hydrogen-bond acceptors (Lipinski definition) is 25. The Kier molecular flexibility index (Phi) is 19.2. The number of ether oxygens (including phenoxy) is 6. The van der Waals surface area contributed by atoms with Gasteiger partial charge in [-0.25, -0.2) is 38.8 Å². The molecule has 28 heteroatoms. The van der Waals surface area contributed by atoms with E-state index in [1.165, 1.54) is 42.9 Å². The first kappa shape index (κ1) is 71.1. The second-order valence-corrected chi connectivity index (χ2v) is 29.1. The van der Waals surface area contributed by atoms with E-state index in [9.17, 15) is 49.5 Å². The molecule has 101 heavy (non-hydrogen) atoms. The van der Waals surface area contributed by atoms with Crippen LogP contribution in [0.15, 0.2) is 119 Å². The lowest BCUT2D eigenvalue weighted by atomic mass is 9.44. The predicted octanol–water partition coefficient (Wildman–Crippen LogP) is 6.31. The summed E-state index contributed by atoms with van der Waals surface area (Å²) in [6.07, 6.45) is -10.3. The van der Waals surface area contributed by atoms with Crippen LogP contribution in [-0.2, 0) is 47.6 Å². The van der Waals surface area contributed by atoms with Gasteiger partial charge in [0.2, 0.25) is 18.0 Å². The van der Waals surface area contributed by atoms with Crippen molar-refractivity contribution in [3.63, 3.8) is 0 Å². The van der Waals surface area contributed by atoms with Gasteiger partial charge in [-0.1, -0.05) is 76.2 Å². The van der Waals surface area contributed by atoms with Gasteiger partial charge in [0, 0.05) is 76.2 Å². The fraction of sp³-hybridized carbons (Fsp3) is 0.493. The summed E-state index contributed by atoms with van der Waals surface area (Å²) in [5.41, 5.74) is -7.08. The number of carbonyl (C=O) groups excluding carboxylic acids is 6. The summed E-state index contributed by atoms with van der Waals surface area (Å²) in [5, 5.41) is 69.6. The lowest BCUT2D eigenvalue weighted by molar-refractivity contribution is -0.346. The second-order valence-electron chi connectivity index (χ2n) is 29.1. The molecule has 3 aliphatic heterocycles. The molecule has 7 N–H and O–H groups in total. The van der Waals surface area contributed by atoms with E-state index in [-0.39, 0.29) is 84.5 Å². The number of benzene rings is 4. The molecule has 536 valence electrons. The van der Waals surface area contributed by atoms with Crippen LogP contribution < -0.4 is 25.7 Å². The first-order chi connectivity index (χ1) is 47.8. The summed E-state index contributed by atoms with van der Waals surface area (Å²) in [6, 6.07) is 24.8. The minimum atomic E-state index is -2.48. The Morgan fingerprint density at radius 3 is 2.01 bits per heavy atom. The molecule has 2 saturated carbocycles. The van der Waals surface area contributed by atoms with E-state index < -0.39 is 130 Å². The average Bonchev–Trinajstić information content (AvgIpc) is 0.793. The van der Waals surface area contributed by atoms with E-state index in [0.29, 0.717) is 54.9 Å². The number of fused-ring (bicyclic) bond motifs is 5. The Labute approximate surface area is 582 Å². The number of amides is 1. The standard InChI is InChI=1S/C73H86N10O18/c1-39(2)47-33-48(50(86)34-49(47)85)61-78-79-67(93)83(61)46-23-21-45(22-24-46)80-29-31-82(32-30-80)66-75-38-74-65(77-66)81-27-25-44(26-28-81)62(90)98-57(55(42-17-13-11-14-18-42)76-68(94)101-69(5,6)7)64(92)97-51-36-73(95)60(99-63(91)43-19-15-12-16-20-43)58-71(10,59(89)56(88)54(40(51)3)70(73,8)9)52(87)35-53-72(58,37-96-53)100-41(4)84/h11-24,33-34,38-39,44,51-53,55-58,60,85-88,95H,25-32,35-37H2,1-10H3,(H,76,94)(H,79,93)/t51-,52-,53+,55-,56+,57+,58-,60-,71+,72-,73+/m0/s1. The van der Waals surface area contributed by atoms with Gasteiger partial charge in [0.25, 0.3) is 0 Å². The summed E-state index contributed by atoms with van der Waals surface area (Å²) in [6.45, 7) is 18.3. The van der Waals surface area contributed by atoms with Crippen molar-refractivity contribution in [1.29, 1.82) is 0 Å². The third-order valence-electron chi connectivity index (χ3n) is 21.2. The maximum absolute atomic E-state index is 15.6. The molecule has 2 aromatic heterocycles. The van der Waals surface area contributed by atoms with Gasteiger partial charge in [0.05, 0.1) is 46.8 Å². The number of H-pyrrole nitrogens is 1. The molecule has 0 radical (unpaired) electrons. The molecule has 6 aliphatic rings. The van der Waals surface area contributed by atoms with Crippen LogP contribution in [0.3, 0.4) is 0 Å². The van der Waals surface area contributed by atoms with Gasteiger partial charge >= 0.3 is 35.7 Å². The zero-order valence-corrected chi connectivity index (χ0v) is 58.0. The van der Waals surface area contributed by atoms with Gasteiger partial charge in [-0.05, 0) is 118 Å². The highest BCUT2D eigenvalue weighted by Crippen LogP contribution is 2.64. The van der Waals surface area contributed by atoms with Crippen LogP contribution in [-0.4, -0.2) is 190 Å². The highest BCUT2D eigenvalue weighted by atomic mass is 16.6. The Bertz CT molecular complexity index is 4240. The fourth-order valence-corrected chi connectivity index (χ4v) is 15.7. The Morgan fingerprint density at radius 1 is 0.792 bits per heavy atom. The van der Waals surface area contributed by atoms with E-state index in [1.807, 2.05) is 35.8 Å². The number of aliphatic hydroxyl groups is 3. The number of rotatable bonds is 16. The fourth-order valence-electron chi connectivity index (χ4n) is 15.7. The molecule has 1 amide bonds. The molecule has 4 aromatic carbocycles. The number of piperazine rings is 1. The number of piperidine rings is 1. The van der Waals surface area contributed by atoms with E-state index >= 15 is 9.59 Å². The Balaban J connectivity index is 0.783. The molecular formula is C73H86N10O18. The van der Waals surface area contributed by atoms with Crippen LogP contribution in [0.2, 0.25) is 0 Å². The SMILES string of the molecule is CC(=O)O[C@@]12CO[C@@H]1C[C@H](O)[C@@]1(C)C(=O)[C@H](O)C3=C(C)[C@@H](OC(=O)[C@H](OC(=O)C4CCN(c5ncnc(N6CCN(c7ccc(-n8c(-c9cc(C(C)C)c(O)cc9O)n[nH]c8=O)cc7)CC6)n5)CC4)[C@@H](NC(=O)OC(C)(C)C)c4ccccc4)C[C@@](O)([C@@H](OC(=O)c4ccccc4)[C@H]21)C3(C)C. The van der Waals surface area contributed by atoms with E-state index in [4.69, 9.17) is 33.4 Å².